The van der Waals surface area contributed by atoms with Crippen molar-refractivity contribution in [2.75, 3.05) is 0 Å². The average molecular weight is 1370 g/mol. The highest BCUT2D eigenvalue weighted by Gasteiger charge is 2.18. The van der Waals surface area contributed by atoms with Gasteiger partial charge in [0.1, 0.15) is 5.52 Å². The summed E-state index contributed by atoms with van der Waals surface area (Å²) in [4.78, 5) is 25.3. The summed E-state index contributed by atoms with van der Waals surface area (Å²) in [5.74, 6) is 1.31. The molecule has 0 N–H and O–H groups in total. The second-order valence-corrected chi connectivity index (χ2v) is 26.7. The molecule has 0 amide bonds. The maximum atomic E-state index is 6.17. The lowest BCUT2D eigenvalue weighted by molar-refractivity contribution is 0.620. The van der Waals surface area contributed by atoms with Crippen molar-refractivity contribution in [3.63, 3.8) is 0 Å². The van der Waals surface area contributed by atoms with Crippen molar-refractivity contribution in [3.05, 3.63) is 406 Å². The third-order valence-corrected chi connectivity index (χ3v) is 19.9. The minimum atomic E-state index is 0.609. The first kappa shape index (κ1) is 64.7. The van der Waals surface area contributed by atoms with Crippen molar-refractivity contribution in [2.45, 2.75) is 0 Å². The van der Waals surface area contributed by atoms with Gasteiger partial charge < -0.3 is 4.42 Å². The standard InChI is InChI=1S/C55H37N3.C46H30N2O/c1-5-13-38(14-6-1)40-21-23-42(24-22-40)48-33-34-51-50(35-48)49(36-52(56-51)45-29-25-41(26-30-45)39-15-7-2-8-16-39)43-27-31-46(32-28-43)54-37-53(44-17-9-3-10-18-44)57-55(58-54)47-19-11-4-12-20-47;1-3-10-31(11-4-1)33-18-20-35(21-19-33)37-26-27-42-41(29-37)40(30-44(47-42)36-24-22-34(23-25-36)32-12-5-2-6-13-32)38-14-9-15-39(28-38)46-48-43-16-7-8-17-45(43)49-46/h1-37H;1-30H. The summed E-state index contributed by atoms with van der Waals surface area (Å²) in [5.41, 5.74) is 31.9. The van der Waals surface area contributed by atoms with Crippen LogP contribution in [0.5, 0.6) is 0 Å². The number of hydrogen-bond donors (Lipinski definition) is 0. The highest BCUT2D eigenvalue weighted by atomic mass is 16.3. The van der Waals surface area contributed by atoms with Gasteiger partial charge in [0, 0.05) is 44.2 Å². The molecule has 0 aliphatic heterocycles. The van der Waals surface area contributed by atoms with Crippen molar-refractivity contribution < 1.29 is 4.42 Å². The Morgan fingerprint density at radius 1 is 0.159 bits per heavy atom. The topological polar surface area (TPSA) is 77.6 Å². The first-order valence-electron chi connectivity index (χ1n) is 36.1. The maximum Gasteiger partial charge on any atom is 0.227 e. The predicted molar refractivity (Wildman–Crippen MR) is 443 cm³/mol. The Morgan fingerprint density at radius 3 is 0.860 bits per heavy atom. The Morgan fingerprint density at radius 2 is 0.449 bits per heavy atom. The van der Waals surface area contributed by atoms with E-state index < -0.39 is 0 Å². The Labute approximate surface area is 621 Å². The van der Waals surface area contributed by atoms with E-state index in [1.165, 1.54) is 44.5 Å². The fourth-order valence-electron chi connectivity index (χ4n) is 14.2. The van der Waals surface area contributed by atoms with Gasteiger partial charge in [-0.1, -0.05) is 340 Å². The minimum absolute atomic E-state index is 0.609. The van der Waals surface area contributed by atoms with Crippen LogP contribution in [0.2, 0.25) is 0 Å². The van der Waals surface area contributed by atoms with Crippen molar-refractivity contribution in [3.8, 4) is 157 Å². The highest BCUT2D eigenvalue weighted by Crippen LogP contribution is 2.41. The molecule has 19 rings (SSSR count). The van der Waals surface area contributed by atoms with Crippen LogP contribution in [0.4, 0.5) is 0 Å². The summed E-state index contributed by atoms with van der Waals surface area (Å²) >= 11 is 0. The number of nitrogens with zero attached hydrogens (tertiary/aromatic N) is 5. The van der Waals surface area contributed by atoms with Crippen molar-refractivity contribution in [2.24, 2.45) is 0 Å². The van der Waals surface area contributed by atoms with Crippen LogP contribution in [0.25, 0.3) is 190 Å². The lowest BCUT2D eigenvalue weighted by atomic mass is 9.93. The molecular weight excluding hydrogens is 1300 g/mol. The van der Waals surface area contributed by atoms with Gasteiger partial charge in [0.25, 0.3) is 0 Å². The summed E-state index contributed by atoms with van der Waals surface area (Å²) in [6.45, 7) is 0. The first-order chi connectivity index (χ1) is 53.0. The molecule has 4 heterocycles. The van der Waals surface area contributed by atoms with Crippen LogP contribution in [0.1, 0.15) is 0 Å². The maximum absolute atomic E-state index is 6.17. The number of pyridine rings is 2. The Bertz CT molecular complexity index is 6240. The third kappa shape index (κ3) is 13.9. The molecule has 0 saturated heterocycles. The van der Waals surface area contributed by atoms with Crippen LogP contribution in [0, 0.1) is 0 Å². The molecule has 4 aromatic heterocycles. The summed E-state index contributed by atoms with van der Waals surface area (Å²) in [5, 5.41) is 2.19. The quantitative estimate of drug-likeness (QED) is 0.108. The number of benzene rings is 15. The van der Waals surface area contributed by atoms with E-state index in [4.69, 9.17) is 29.3 Å². The van der Waals surface area contributed by atoms with E-state index in [1.807, 2.05) is 78.9 Å². The fourth-order valence-corrected chi connectivity index (χ4v) is 14.2. The molecule has 0 aliphatic rings. The molecular formula is C101H67N5O. The molecule has 6 nitrogen and oxygen atoms in total. The lowest BCUT2D eigenvalue weighted by Gasteiger charge is -2.14. The van der Waals surface area contributed by atoms with E-state index in [1.54, 1.807) is 0 Å². The first-order valence-corrected chi connectivity index (χ1v) is 36.1. The van der Waals surface area contributed by atoms with Gasteiger partial charge in [-0.15, -0.1) is 0 Å². The van der Waals surface area contributed by atoms with E-state index in [0.29, 0.717) is 11.7 Å². The molecule has 0 unspecified atom stereocenters. The van der Waals surface area contributed by atoms with Crippen LogP contribution in [0.3, 0.4) is 0 Å². The minimum Gasteiger partial charge on any atom is -0.436 e. The van der Waals surface area contributed by atoms with E-state index >= 15 is 0 Å². The van der Waals surface area contributed by atoms with Gasteiger partial charge in [0.2, 0.25) is 5.89 Å². The van der Waals surface area contributed by atoms with Gasteiger partial charge in [-0.05, 0) is 156 Å². The summed E-state index contributed by atoms with van der Waals surface area (Å²) in [7, 11) is 0. The number of rotatable bonds is 14. The smallest absolute Gasteiger partial charge is 0.227 e. The molecule has 6 heteroatoms. The summed E-state index contributed by atoms with van der Waals surface area (Å²) < 4.78 is 6.17. The highest BCUT2D eigenvalue weighted by molar-refractivity contribution is 6.01. The number of oxazole rings is 1. The Hall–Kier alpha value is -14.3. The van der Waals surface area contributed by atoms with E-state index in [-0.39, 0.29) is 0 Å². The van der Waals surface area contributed by atoms with Crippen LogP contribution < -0.4 is 0 Å². The zero-order valence-electron chi connectivity index (χ0n) is 58.3. The lowest BCUT2D eigenvalue weighted by Crippen LogP contribution is -1.96. The van der Waals surface area contributed by atoms with Gasteiger partial charge in [0.15, 0.2) is 11.4 Å². The van der Waals surface area contributed by atoms with E-state index in [0.717, 1.165) is 134 Å². The zero-order chi connectivity index (χ0) is 71.2. The molecule has 0 radical (unpaired) electrons. The van der Waals surface area contributed by atoms with Gasteiger partial charge in [-0.25, -0.2) is 24.9 Å². The largest absolute Gasteiger partial charge is 0.436 e. The van der Waals surface area contributed by atoms with Gasteiger partial charge in [-0.2, -0.15) is 0 Å². The van der Waals surface area contributed by atoms with Crippen molar-refractivity contribution in [1.29, 1.82) is 0 Å². The molecule has 0 aliphatic carbocycles. The molecule has 107 heavy (non-hydrogen) atoms. The van der Waals surface area contributed by atoms with Crippen LogP contribution in [-0.4, -0.2) is 24.9 Å². The molecule has 0 bridgehead atoms. The predicted octanol–water partition coefficient (Wildman–Crippen LogP) is 26.7. The molecule has 0 spiro atoms. The molecule has 19 aromatic rings. The van der Waals surface area contributed by atoms with E-state index in [9.17, 15) is 0 Å². The Balaban J connectivity index is 0.000000153. The number of fused-ring (bicyclic) bond motifs is 3. The molecule has 502 valence electrons. The molecule has 0 fully saturated rings. The van der Waals surface area contributed by atoms with Crippen LogP contribution in [0.15, 0.2) is 411 Å². The third-order valence-electron chi connectivity index (χ3n) is 19.9. The van der Waals surface area contributed by atoms with Crippen molar-refractivity contribution >= 4 is 32.9 Å². The SMILES string of the molecule is c1ccc(-c2ccc(-c3ccc4nc(-c5ccc(-c6ccccc6)cc5)cc(-c5ccc(-c6cc(-c7ccccc7)nc(-c7ccccc7)n6)cc5)c4c3)cc2)cc1.c1ccc(-c2ccc(-c3ccc4nc(-c5ccc(-c6ccccc6)cc5)cc(-c5cccc(-c6nc7ccccc7o6)c5)c4c3)cc2)cc1. The molecule has 0 saturated carbocycles. The van der Waals surface area contributed by atoms with Gasteiger partial charge >= 0.3 is 0 Å². The summed E-state index contributed by atoms with van der Waals surface area (Å²) in [6.07, 6.45) is 0. The fraction of sp³-hybridized carbons (Fsp3) is 0. The second-order valence-electron chi connectivity index (χ2n) is 26.7. The number of hydrogen-bond acceptors (Lipinski definition) is 6. The van der Waals surface area contributed by atoms with Gasteiger partial charge in [-0.3, -0.25) is 0 Å². The normalized spacial score (nSPS) is 11.2. The number of para-hydroxylation sites is 2. The summed E-state index contributed by atoms with van der Waals surface area (Å²) in [6, 6.07) is 142. The number of aromatic nitrogens is 5. The van der Waals surface area contributed by atoms with E-state index in [2.05, 4.69) is 328 Å². The van der Waals surface area contributed by atoms with Gasteiger partial charge in [0.05, 0.1) is 33.8 Å². The zero-order valence-corrected chi connectivity index (χ0v) is 58.3. The van der Waals surface area contributed by atoms with Crippen LogP contribution >= 0.6 is 0 Å². The van der Waals surface area contributed by atoms with Crippen molar-refractivity contribution in [1.82, 2.24) is 24.9 Å². The molecule has 0 atom stereocenters. The van der Waals surface area contributed by atoms with Crippen LogP contribution in [-0.2, 0) is 0 Å². The Kier molecular flexibility index (Phi) is 17.7. The second kappa shape index (κ2) is 29.2. The molecule has 15 aromatic carbocycles. The average Bonchev–Trinajstić information content (AvgIpc) is 0.882. The monoisotopic (exact) mass is 1370 g/mol.